The van der Waals surface area contributed by atoms with Crippen molar-refractivity contribution in [1.82, 2.24) is 0 Å². The Morgan fingerprint density at radius 1 is 0.903 bits per heavy atom. The summed E-state index contributed by atoms with van der Waals surface area (Å²) >= 11 is 0. The van der Waals surface area contributed by atoms with Crippen LogP contribution in [0.5, 0.6) is 11.5 Å². The Bertz CT molecular complexity index is 1100. The van der Waals surface area contributed by atoms with Crippen molar-refractivity contribution in [2.75, 3.05) is 29.5 Å². The fourth-order valence-electron chi connectivity index (χ4n) is 2.85. The van der Waals surface area contributed by atoms with E-state index in [0.717, 1.165) is 16.1 Å². The largest absolute Gasteiger partial charge is 0.497 e. The number of ether oxygens (including phenoxy) is 2. The van der Waals surface area contributed by atoms with E-state index in [4.69, 9.17) is 9.47 Å². The highest BCUT2D eigenvalue weighted by atomic mass is 32.2. The molecule has 3 aromatic carbocycles. The second-order valence-corrected chi connectivity index (χ2v) is 8.72. The maximum absolute atomic E-state index is 12.5. The lowest BCUT2D eigenvalue weighted by molar-refractivity contribution is -0.114. The van der Waals surface area contributed by atoms with Gasteiger partial charge in [-0.3, -0.25) is 9.10 Å². The SMILES string of the molecule is COc1ccc(N(CC(=O)Nc2ccc(OCc3ccccc3)cc2)S(C)(=O)=O)cc1. The molecule has 8 heteroatoms. The molecule has 0 saturated carbocycles. The number of benzene rings is 3. The molecule has 0 atom stereocenters. The maximum Gasteiger partial charge on any atom is 0.245 e. The molecule has 0 heterocycles. The lowest BCUT2D eigenvalue weighted by atomic mass is 10.2. The molecule has 162 valence electrons. The fourth-order valence-corrected chi connectivity index (χ4v) is 3.71. The summed E-state index contributed by atoms with van der Waals surface area (Å²) in [6, 6.07) is 23.2. The Balaban J connectivity index is 1.61. The first-order valence-electron chi connectivity index (χ1n) is 9.53. The molecular weight excluding hydrogens is 416 g/mol. The van der Waals surface area contributed by atoms with Crippen LogP contribution in [-0.2, 0) is 21.4 Å². The first-order chi connectivity index (χ1) is 14.8. The van der Waals surface area contributed by atoms with E-state index in [9.17, 15) is 13.2 Å². The van der Waals surface area contributed by atoms with E-state index in [-0.39, 0.29) is 6.54 Å². The first-order valence-corrected chi connectivity index (χ1v) is 11.4. The molecule has 0 unspecified atom stereocenters. The highest BCUT2D eigenvalue weighted by Gasteiger charge is 2.21. The number of nitrogens with zero attached hydrogens (tertiary/aromatic N) is 1. The van der Waals surface area contributed by atoms with Gasteiger partial charge >= 0.3 is 0 Å². The summed E-state index contributed by atoms with van der Waals surface area (Å²) in [5.74, 6) is 0.799. The van der Waals surface area contributed by atoms with Gasteiger partial charge in [0.05, 0.1) is 19.1 Å². The monoisotopic (exact) mass is 440 g/mol. The van der Waals surface area contributed by atoms with Crippen LogP contribution in [0, 0.1) is 0 Å². The second kappa shape index (κ2) is 9.99. The molecule has 0 saturated heterocycles. The number of sulfonamides is 1. The molecular formula is C23H24N2O5S. The van der Waals surface area contributed by atoms with Gasteiger partial charge in [0.1, 0.15) is 24.7 Å². The smallest absolute Gasteiger partial charge is 0.245 e. The van der Waals surface area contributed by atoms with E-state index in [1.165, 1.54) is 7.11 Å². The highest BCUT2D eigenvalue weighted by molar-refractivity contribution is 7.92. The standard InChI is InChI=1S/C23H24N2O5S/c1-29-21-14-10-20(11-15-21)25(31(2,27)28)16-23(26)24-19-8-12-22(13-9-19)30-17-18-6-4-3-5-7-18/h3-15H,16-17H2,1-2H3,(H,24,26). The van der Waals surface area contributed by atoms with Crippen molar-refractivity contribution < 1.29 is 22.7 Å². The third-order valence-corrected chi connectivity index (χ3v) is 5.57. The number of amides is 1. The average Bonchev–Trinajstić information content (AvgIpc) is 2.77. The summed E-state index contributed by atoms with van der Waals surface area (Å²) < 4.78 is 36.3. The van der Waals surface area contributed by atoms with Crippen LogP contribution in [0.1, 0.15) is 5.56 Å². The van der Waals surface area contributed by atoms with Crippen molar-refractivity contribution in [1.29, 1.82) is 0 Å². The van der Waals surface area contributed by atoms with Crippen LogP contribution in [0.2, 0.25) is 0 Å². The molecule has 0 spiro atoms. The second-order valence-electron chi connectivity index (χ2n) is 6.81. The number of hydrogen-bond donors (Lipinski definition) is 1. The van der Waals surface area contributed by atoms with Crippen molar-refractivity contribution >= 4 is 27.3 Å². The van der Waals surface area contributed by atoms with E-state index in [1.54, 1.807) is 48.5 Å². The average molecular weight is 441 g/mol. The molecule has 0 aromatic heterocycles. The minimum Gasteiger partial charge on any atom is -0.497 e. The molecule has 1 N–H and O–H groups in total. The summed E-state index contributed by atoms with van der Waals surface area (Å²) in [4.78, 5) is 12.5. The topological polar surface area (TPSA) is 84.9 Å². The first kappa shape index (κ1) is 22.2. The van der Waals surface area contributed by atoms with Gasteiger partial charge in [0, 0.05) is 5.69 Å². The Hall–Kier alpha value is -3.52. The van der Waals surface area contributed by atoms with Crippen molar-refractivity contribution in [3.63, 3.8) is 0 Å². The zero-order valence-electron chi connectivity index (χ0n) is 17.3. The van der Waals surface area contributed by atoms with Gasteiger partial charge in [-0.05, 0) is 54.1 Å². The van der Waals surface area contributed by atoms with E-state index in [2.05, 4.69) is 5.32 Å². The van der Waals surface area contributed by atoms with Crippen LogP contribution in [0.25, 0.3) is 0 Å². The van der Waals surface area contributed by atoms with Gasteiger partial charge in [0.2, 0.25) is 15.9 Å². The number of nitrogens with one attached hydrogen (secondary N) is 1. The van der Waals surface area contributed by atoms with Crippen LogP contribution >= 0.6 is 0 Å². The third-order valence-electron chi connectivity index (χ3n) is 4.43. The molecule has 31 heavy (non-hydrogen) atoms. The molecule has 0 fully saturated rings. The number of hydrogen-bond acceptors (Lipinski definition) is 5. The van der Waals surface area contributed by atoms with Gasteiger partial charge in [-0.15, -0.1) is 0 Å². The molecule has 0 bridgehead atoms. The maximum atomic E-state index is 12.5. The van der Waals surface area contributed by atoms with Gasteiger partial charge in [-0.25, -0.2) is 8.42 Å². The number of rotatable bonds is 9. The summed E-state index contributed by atoms with van der Waals surface area (Å²) in [6.07, 6.45) is 1.06. The van der Waals surface area contributed by atoms with Gasteiger partial charge in [-0.2, -0.15) is 0 Å². The zero-order chi connectivity index (χ0) is 22.3. The summed E-state index contributed by atoms with van der Waals surface area (Å²) in [5.41, 5.74) is 1.97. The van der Waals surface area contributed by atoms with E-state index < -0.39 is 15.9 Å². The predicted octanol–water partition coefficient (Wildman–Crippen LogP) is 3.68. The minimum absolute atomic E-state index is 0.350. The molecule has 3 aromatic rings. The Morgan fingerprint density at radius 3 is 2.10 bits per heavy atom. The van der Waals surface area contributed by atoms with Crippen LogP contribution in [0.15, 0.2) is 78.9 Å². The van der Waals surface area contributed by atoms with Crippen LogP contribution in [0.4, 0.5) is 11.4 Å². The molecule has 0 radical (unpaired) electrons. The number of methoxy groups -OCH3 is 1. The van der Waals surface area contributed by atoms with Crippen LogP contribution < -0.4 is 19.1 Å². The quantitative estimate of drug-likeness (QED) is 0.549. The molecule has 0 aliphatic carbocycles. The lowest BCUT2D eigenvalue weighted by Gasteiger charge is -2.22. The van der Waals surface area contributed by atoms with Crippen molar-refractivity contribution in [2.45, 2.75) is 6.61 Å². The van der Waals surface area contributed by atoms with Crippen molar-refractivity contribution in [3.05, 3.63) is 84.4 Å². The van der Waals surface area contributed by atoms with Crippen LogP contribution in [0.3, 0.4) is 0 Å². The number of carbonyl (C=O) groups excluding carboxylic acids is 1. The predicted molar refractivity (Wildman–Crippen MR) is 121 cm³/mol. The van der Waals surface area contributed by atoms with Gasteiger partial charge < -0.3 is 14.8 Å². The highest BCUT2D eigenvalue weighted by Crippen LogP contribution is 2.22. The van der Waals surface area contributed by atoms with Crippen LogP contribution in [-0.4, -0.2) is 34.2 Å². The Morgan fingerprint density at radius 2 is 1.52 bits per heavy atom. The molecule has 1 amide bonds. The molecule has 3 rings (SSSR count). The van der Waals surface area contributed by atoms with Gasteiger partial charge in [-0.1, -0.05) is 30.3 Å². The summed E-state index contributed by atoms with van der Waals surface area (Å²) in [7, 11) is -2.13. The summed E-state index contributed by atoms with van der Waals surface area (Å²) in [6.45, 7) is 0.0924. The van der Waals surface area contributed by atoms with E-state index in [1.807, 2.05) is 30.3 Å². The molecule has 0 aliphatic rings. The minimum atomic E-state index is -3.65. The number of carbonyl (C=O) groups is 1. The van der Waals surface area contributed by atoms with Crippen molar-refractivity contribution in [2.24, 2.45) is 0 Å². The van der Waals surface area contributed by atoms with E-state index >= 15 is 0 Å². The Labute approximate surface area is 182 Å². The van der Waals surface area contributed by atoms with Gasteiger partial charge in [0.25, 0.3) is 0 Å². The molecule has 7 nitrogen and oxygen atoms in total. The zero-order valence-corrected chi connectivity index (χ0v) is 18.1. The van der Waals surface area contributed by atoms with E-state index in [0.29, 0.717) is 29.5 Å². The van der Waals surface area contributed by atoms with Gasteiger partial charge in [0.15, 0.2) is 0 Å². The van der Waals surface area contributed by atoms with Crippen molar-refractivity contribution in [3.8, 4) is 11.5 Å². The molecule has 0 aliphatic heterocycles. The summed E-state index contributed by atoms with van der Waals surface area (Å²) in [5, 5.41) is 2.71. The lowest BCUT2D eigenvalue weighted by Crippen LogP contribution is -2.37. The number of anilines is 2. The Kier molecular flexibility index (Phi) is 7.15. The third kappa shape index (κ3) is 6.48. The fraction of sp³-hybridized carbons (Fsp3) is 0.174. The normalized spacial score (nSPS) is 10.9.